The molecule has 0 aliphatic heterocycles. The molecule has 1 N–H and O–H groups in total. The lowest BCUT2D eigenvalue weighted by Crippen LogP contribution is -2.02. The Hall–Kier alpha value is -1.58. The van der Waals surface area contributed by atoms with Gasteiger partial charge in [0, 0.05) is 12.6 Å². The number of rotatable bonds is 4. The molecule has 0 spiro atoms. The first-order valence-corrected chi connectivity index (χ1v) is 5.99. The van der Waals surface area contributed by atoms with Gasteiger partial charge in [-0.2, -0.15) is 0 Å². The smallest absolute Gasteiger partial charge is 0.129 e. The number of aliphatic hydroxyl groups excluding tert-OH is 1. The van der Waals surface area contributed by atoms with Crippen molar-refractivity contribution in [3.05, 3.63) is 58.9 Å². The van der Waals surface area contributed by atoms with Gasteiger partial charge in [-0.3, -0.25) is 0 Å². The van der Waals surface area contributed by atoms with Gasteiger partial charge in [0.1, 0.15) is 10.9 Å². The quantitative estimate of drug-likeness (QED) is 0.863. The molecule has 0 aliphatic rings. The molecule has 1 unspecified atom stereocenters. The third kappa shape index (κ3) is 3.22. The maximum Gasteiger partial charge on any atom is 0.129 e. The first-order chi connectivity index (χ1) is 8.69. The SMILES string of the molecule is COc1cccc(CC(O)c2ccnc(Cl)c2)c1. The minimum atomic E-state index is -0.599. The second-order valence-corrected chi connectivity index (χ2v) is 4.37. The van der Waals surface area contributed by atoms with Gasteiger partial charge >= 0.3 is 0 Å². The Labute approximate surface area is 111 Å². The molecule has 0 bridgehead atoms. The highest BCUT2D eigenvalue weighted by Gasteiger charge is 2.09. The highest BCUT2D eigenvalue weighted by Crippen LogP contribution is 2.22. The van der Waals surface area contributed by atoms with E-state index < -0.39 is 6.10 Å². The molecular weight excluding hydrogens is 250 g/mol. The van der Waals surface area contributed by atoms with E-state index in [4.69, 9.17) is 16.3 Å². The lowest BCUT2D eigenvalue weighted by molar-refractivity contribution is 0.178. The molecule has 18 heavy (non-hydrogen) atoms. The largest absolute Gasteiger partial charge is 0.497 e. The topological polar surface area (TPSA) is 42.4 Å². The zero-order chi connectivity index (χ0) is 13.0. The van der Waals surface area contributed by atoms with Crippen molar-refractivity contribution >= 4 is 11.6 Å². The molecule has 1 heterocycles. The number of ether oxygens (including phenoxy) is 1. The van der Waals surface area contributed by atoms with Crippen molar-refractivity contribution in [1.29, 1.82) is 0 Å². The number of hydrogen-bond acceptors (Lipinski definition) is 3. The number of methoxy groups -OCH3 is 1. The second-order valence-electron chi connectivity index (χ2n) is 3.98. The third-order valence-corrected chi connectivity index (χ3v) is 2.91. The average molecular weight is 264 g/mol. The normalized spacial score (nSPS) is 12.2. The number of nitrogens with zero attached hydrogens (tertiary/aromatic N) is 1. The van der Waals surface area contributed by atoms with Gasteiger partial charge in [-0.15, -0.1) is 0 Å². The first kappa shape index (κ1) is 12.9. The molecule has 2 rings (SSSR count). The van der Waals surface area contributed by atoms with Crippen LogP contribution in [0.15, 0.2) is 42.6 Å². The molecule has 94 valence electrons. The van der Waals surface area contributed by atoms with E-state index in [1.165, 1.54) is 0 Å². The van der Waals surface area contributed by atoms with E-state index in [0.717, 1.165) is 16.9 Å². The minimum absolute atomic E-state index is 0.386. The van der Waals surface area contributed by atoms with Gasteiger partial charge in [0.25, 0.3) is 0 Å². The molecule has 0 amide bonds. The van der Waals surface area contributed by atoms with E-state index in [1.54, 1.807) is 25.4 Å². The molecule has 0 fully saturated rings. The fourth-order valence-corrected chi connectivity index (χ4v) is 1.95. The maximum atomic E-state index is 10.1. The zero-order valence-corrected chi connectivity index (χ0v) is 10.8. The van der Waals surface area contributed by atoms with Gasteiger partial charge in [-0.05, 0) is 35.4 Å². The molecule has 1 aromatic heterocycles. The fourth-order valence-electron chi connectivity index (χ4n) is 1.77. The van der Waals surface area contributed by atoms with Crippen LogP contribution in [0.5, 0.6) is 5.75 Å². The summed E-state index contributed by atoms with van der Waals surface area (Å²) in [6, 6.07) is 11.1. The van der Waals surface area contributed by atoms with Gasteiger partial charge in [0.15, 0.2) is 0 Å². The summed E-state index contributed by atoms with van der Waals surface area (Å²) in [5.41, 5.74) is 1.77. The van der Waals surface area contributed by atoms with E-state index in [2.05, 4.69) is 4.98 Å². The molecule has 3 nitrogen and oxygen atoms in total. The average Bonchev–Trinajstić information content (AvgIpc) is 2.39. The van der Waals surface area contributed by atoms with Crippen molar-refractivity contribution in [2.45, 2.75) is 12.5 Å². The van der Waals surface area contributed by atoms with Crippen molar-refractivity contribution in [2.24, 2.45) is 0 Å². The Morgan fingerprint density at radius 3 is 2.89 bits per heavy atom. The summed E-state index contributed by atoms with van der Waals surface area (Å²) >= 11 is 5.80. The van der Waals surface area contributed by atoms with Crippen molar-refractivity contribution in [3.63, 3.8) is 0 Å². The lowest BCUT2D eigenvalue weighted by Gasteiger charge is -2.11. The molecule has 0 radical (unpaired) electrons. The Morgan fingerprint density at radius 1 is 1.33 bits per heavy atom. The Kier molecular flexibility index (Phi) is 4.18. The molecule has 1 atom stereocenters. The molecule has 0 saturated carbocycles. The summed E-state index contributed by atoms with van der Waals surface area (Å²) in [5, 5.41) is 10.5. The van der Waals surface area contributed by atoms with Crippen molar-refractivity contribution in [3.8, 4) is 5.75 Å². The van der Waals surface area contributed by atoms with Crippen molar-refractivity contribution in [2.75, 3.05) is 7.11 Å². The summed E-state index contributed by atoms with van der Waals surface area (Å²) in [6.45, 7) is 0. The highest BCUT2D eigenvalue weighted by molar-refractivity contribution is 6.29. The van der Waals surface area contributed by atoms with Gasteiger partial charge in [-0.25, -0.2) is 4.98 Å². The number of aliphatic hydroxyl groups is 1. The lowest BCUT2D eigenvalue weighted by atomic mass is 10.0. The molecule has 0 saturated heterocycles. The molecule has 2 aromatic rings. The predicted molar refractivity (Wildman–Crippen MR) is 70.9 cm³/mol. The van der Waals surface area contributed by atoms with Crippen LogP contribution in [0.4, 0.5) is 0 Å². The minimum Gasteiger partial charge on any atom is -0.497 e. The fraction of sp³-hybridized carbons (Fsp3) is 0.214. The summed E-state index contributed by atoms with van der Waals surface area (Å²) in [7, 11) is 1.62. The van der Waals surface area contributed by atoms with E-state index in [0.29, 0.717) is 11.6 Å². The summed E-state index contributed by atoms with van der Waals surface area (Å²) in [4.78, 5) is 3.89. The van der Waals surface area contributed by atoms with Gasteiger partial charge in [-0.1, -0.05) is 23.7 Å². The van der Waals surface area contributed by atoms with Crippen LogP contribution in [0.2, 0.25) is 5.15 Å². The number of benzene rings is 1. The van der Waals surface area contributed by atoms with Gasteiger partial charge < -0.3 is 9.84 Å². The number of pyridine rings is 1. The van der Waals surface area contributed by atoms with Gasteiger partial charge in [0.2, 0.25) is 0 Å². The monoisotopic (exact) mass is 263 g/mol. The van der Waals surface area contributed by atoms with Crippen LogP contribution in [0.3, 0.4) is 0 Å². The Bertz CT molecular complexity index is 531. The van der Waals surface area contributed by atoms with E-state index in [1.807, 2.05) is 24.3 Å². The van der Waals surface area contributed by atoms with E-state index >= 15 is 0 Å². The zero-order valence-electron chi connectivity index (χ0n) is 10.0. The number of halogens is 1. The molecular formula is C14H14ClNO2. The van der Waals surface area contributed by atoms with E-state index in [-0.39, 0.29) is 0 Å². The Morgan fingerprint density at radius 2 is 2.17 bits per heavy atom. The molecule has 0 aliphatic carbocycles. The standard InChI is InChI=1S/C14H14ClNO2/c1-18-12-4-2-3-10(7-12)8-13(17)11-5-6-16-14(15)9-11/h2-7,9,13,17H,8H2,1H3. The summed E-state index contributed by atoms with van der Waals surface area (Å²) in [6.07, 6.45) is 1.50. The Balaban J connectivity index is 2.13. The predicted octanol–water partition coefficient (Wildman–Crippen LogP) is 3.02. The summed E-state index contributed by atoms with van der Waals surface area (Å²) < 4.78 is 5.15. The van der Waals surface area contributed by atoms with Crippen LogP contribution >= 0.6 is 11.6 Å². The van der Waals surface area contributed by atoms with Crippen molar-refractivity contribution in [1.82, 2.24) is 4.98 Å². The van der Waals surface area contributed by atoms with E-state index in [9.17, 15) is 5.11 Å². The maximum absolute atomic E-state index is 10.1. The molecule has 4 heteroatoms. The number of hydrogen-bond donors (Lipinski definition) is 1. The summed E-state index contributed by atoms with van der Waals surface area (Å²) in [5.74, 6) is 0.785. The molecule has 1 aromatic carbocycles. The van der Waals surface area contributed by atoms with Crippen LogP contribution in [-0.4, -0.2) is 17.2 Å². The van der Waals surface area contributed by atoms with Crippen molar-refractivity contribution < 1.29 is 9.84 Å². The second kappa shape index (κ2) is 5.85. The van der Waals surface area contributed by atoms with Crippen LogP contribution < -0.4 is 4.74 Å². The van der Waals surface area contributed by atoms with Crippen LogP contribution in [0.25, 0.3) is 0 Å². The van der Waals surface area contributed by atoms with Crippen LogP contribution in [0.1, 0.15) is 17.2 Å². The first-order valence-electron chi connectivity index (χ1n) is 5.61. The highest BCUT2D eigenvalue weighted by atomic mass is 35.5. The van der Waals surface area contributed by atoms with Crippen LogP contribution in [-0.2, 0) is 6.42 Å². The van der Waals surface area contributed by atoms with Gasteiger partial charge in [0.05, 0.1) is 13.2 Å². The third-order valence-electron chi connectivity index (χ3n) is 2.70. The van der Waals surface area contributed by atoms with Crippen LogP contribution in [0, 0.1) is 0 Å². The number of aromatic nitrogens is 1.